The third-order valence-corrected chi connectivity index (χ3v) is 6.22. The van der Waals surface area contributed by atoms with Gasteiger partial charge in [0.25, 0.3) is 0 Å². The van der Waals surface area contributed by atoms with E-state index in [1.165, 1.54) is 32.4 Å². The maximum atomic E-state index is 14.0. The van der Waals surface area contributed by atoms with Gasteiger partial charge in [-0.1, -0.05) is 30.3 Å². The van der Waals surface area contributed by atoms with Gasteiger partial charge in [-0.2, -0.15) is 4.72 Å². The number of hydrogen-bond donors (Lipinski definition) is 2. The highest BCUT2D eigenvalue weighted by molar-refractivity contribution is 7.89. The Balaban J connectivity index is 1.91. The highest BCUT2D eigenvalue weighted by atomic mass is 32.2. The second-order valence-corrected chi connectivity index (χ2v) is 8.71. The lowest BCUT2D eigenvalue weighted by Gasteiger charge is -2.19. The van der Waals surface area contributed by atoms with Gasteiger partial charge in [0, 0.05) is 12.1 Å². The molecule has 0 heterocycles. The first-order valence-electron chi connectivity index (χ1n) is 9.77. The first-order chi connectivity index (χ1) is 15.7. The van der Waals surface area contributed by atoms with Crippen LogP contribution in [-0.2, 0) is 21.2 Å². The highest BCUT2D eigenvalue weighted by Gasteiger charge is 2.27. The summed E-state index contributed by atoms with van der Waals surface area (Å²) in [5, 5.41) is 2.32. The number of rotatable bonds is 9. The predicted molar refractivity (Wildman–Crippen MR) is 119 cm³/mol. The van der Waals surface area contributed by atoms with E-state index in [9.17, 15) is 22.0 Å². The average Bonchev–Trinajstić information content (AvgIpc) is 2.80. The molecule has 0 radical (unpaired) electrons. The number of amides is 1. The Morgan fingerprint density at radius 2 is 1.64 bits per heavy atom. The van der Waals surface area contributed by atoms with Crippen molar-refractivity contribution in [3.63, 3.8) is 0 Å². The molecule has 2 N–H and O–H groups in total. The number of carbonyl (C=O) groups is 1. The number of carbonyl (C=O) groups excluding carboxylic acids is 1. The van der Waals surface area contributed by atoms with Crippen LogP contribution in [0.15, 0.2) is 71.6 Å². The van der Waals surface area contributed by atoms with Gasteiger partial charge in [-0.05, 0) is 36.2 Å². The molecular formula is C23H22F2N2O5S. The summed E-state index contributed by atoms with van der Waals surface area (Å²) in [5.41, 5.74) is 0.400. The maximum Gasteiger partial charge on any atom is 0.242 e. The van der Waals surface area contributed by atoms with Crippen molar-refractivity contribution in [2.45, 2.75) is 17.4 Å². The number of benzene rings is 3. The summed E-state index contributed by atoms with van der Waals surface area (Å²) >= 11 is 0. The molecule has 0 saturated heterocycles. The topological polar surface area (TPSA) is 93.7 Å². The molecule has 0 bridgehead atoms. The molecule has 174 valence electrons. The molecule has 0 saturated carbocycles. The zero-order chi connectivity index (χ0) is 24.0. The molecule has 3 rings (SSSR count). The normalized spacial score (nSPS) is 12.1. The minimum Gasteiger partial charge on any atom is -0.493 e. The van der Waals surface area contributed by atoms with Gasteiger partial charge < -0.3 is 14.8 Å². The van der Waals surface area contributed by atoms with Crippen molar-refractivity contribution in [3.05, 3.63) is 83.9 Å². The Hall–Kier alpha value is -3.50. The van der Waals surface area contributed by atoms with Crippen molar-refractivity contribution >= 4 is 21.6 Å². The van der Waals surface area contributed by atoms with Crippen LogP contribution < -0.4 is 19.5 Å². The first-order valence-corrected chi connectivity index (χ1v) is 11.3. The summed E-state index contributed by atoms with van der Waals surface area (Å²) in [7, 11) is -1.41. The van der Waals surface area contributed by atoms with E-state index in [2.05, 4.69) is 10.0 Å². The highest BCUT2D eigenvalue weighted by Crippen LogP contribution is 2.29. The Morgan fingerprint density at radius 3 is 2.27 bits per heavy atom. The van der Waals surface area contributed by atoms with Crippen LogP contribution in [0.4, 0.5) is 14.5 Å². The van der Waals surface area contributed by atoms with E-state index in [1.807, 2.05) is 0 Å². The van der Waals surface area contributed by atoms with Gasteiger partial charge in [-0.3, -0.25) is 4.79 Å². The van der Waals surface area contributed by atoms with Crippen LogP contribution in [0.5, 0.6) is 11.5 Å². The standard InChI is InChI=1S/C23H22F2N2O5S/c1-31-21-11-9-17(14-22(21)32-2)33(29,30)27-20(12-15-6-4-3-5-7-15)23(28)26-19-10-8-16(24)13-18(19)25/h3-11,13-14,20,27H,12H2,1-2H3,(H,26,28). The van der Waals surface area contributed by atoms with Gasteiger partial charge in [0.15, 0.2) is 11.5 Å². The predicted octanol–water partition coefficient (Wildman–Crippen LogP) is 3.51. The fourth-order valence-corrected chi connectivity index (χ4v) is 4.30. The second kappa shape index (κ2) is 10.4. The van der Waals surface area contributed by atoms with Crippen molar-refractivity contribution < 1.29 is 31.5 Å². The molecule has 0 aromatic heterocycles. The Labute approximate surface area is 190 Å². The summed E-state index contributed by atoms with van der Waals surface area (Å²) in [4.78, 5) is 12.8. The third-order valence-electron chi connectivity index (χ3n) is 4.75. The zero-order valence-electron chi connectivity index (χ0n) is 17.8. The van der Waals surface area contributed by atoms with Crippen LogP contribution >= 0.6 is 0 Å². The van der Waals surface area contributed by atoms with E-state index in [4.69, 9.17) is 9.47 Å². The maximum absolute atomic E-state index is 14.0. The molecule has 10 heteroatoms. The molecule has 1 unspecified atom stereocenters. The molecule has 0 aliphatic carbocycles. The van der Waals surface area contributed by atoms with Gasteiger partial charge >= 0.3 is 0 Å². The number of anilines is 1. The van der Waals surface area contributed by atoms with Crippen LogP contribution in [0.3, 0.4) is 0 Å². The van der Waals surface area contributed by atoms with Crippen molar-refractivity contribution in [3.8, 4) is 11.5 Å². The van der Waals surface area contributed by atoms with Crippen molar-refractivity contribution in [2.75, 3.05) is 19.5 Å². The minimum absolute atomic E-state index is 0.0119. The SMILES string of the molecule is COc1ccc(S(=O)(=O)NC(Cc2ccccc2)C(=O)Nc2ccc(F)cc2F)cc1OC. The Morgan fingerprint density at radius 1 is 0.939 bits per heavy atom. The molecule has 0 aliphatic rings. The summed E-state index contributed by atoms with van der Waals surface area (Å²) in [6.45, 7) is 0. The lowest BCUT2D eigenvalue weighted by atomic mass is 10.1. The van der Waals surface area contributed by atoms with E-state index < -0.39 is 33.6 Å². The molecular weight excluding hydrogens is 454 g/mol. The first kappa shape index (κ1) is 24.1. The van der Waals surface area contributed by atoms with Crippen molar-refractivity contribution in [2.24, 2.45) is 0 Å². The van der Waals surface area contributed by atoms with E-state index in [-0.39, 0.29) is 22.8 Å². The quantitative estimate of drug-likeness (QED) is 0.493. The molecule has 3 aromatic carbocycles. The third kappa shape index (κ3) is 6.05. The summed E-state index contributed by atoms with van der Waals surface area (Å²) in [6.07, 6.45) is -0.0119. The lowest BCUT2D eigenvalue weighted by molar-refractivity contribution is -0.117. The number of nitrogens with one attached hydrogen (secondary N) is 2. The van der Waals surface area contributed by atoms with Gasteiger partial charge in [-0.15, -0.1) is 0 Å². The van der Waals surface area contributed by atoms with Crippen LogP contribution in [0.2, 0.25) is 0 Å². The second-order valence-electron chi connectivity index (χ2n) is 6.99. The zero-order valence-corrected chi connectivity index (χ0v) is 18.7. The largest absolute Gasteiger partial charge is 0.493 e. The van der Waals surface area contributed by atoms with Crippen molar-refractivity contribution in [1.82, 2.24) is 4.72 Å². The van der Waals surface area contributed by atoms with Crippen LogP contribution in [0.1, 0.15) is 5.56 Å². The molecule has 7 nitrogen and oxygen atoms in total. The van der Waals surface area contributed by atoms with Crippen LogP contribution in [-0.4, -0.2) is 34.6 Å². The van der Waals surface area contributed by atoms with Gasteiger partial charge in [-0.25, -0.2) is 17.2 Å². The van der Waals surface area contributed by atoms with E-state index >= 15 is 0 Å². The number of methoxy groups -OCH3 is 2. The fourth-order valence-electron chi connectivity index (χ4n) is 3.09. The number of halogens is 2. The molecule has 1 amide bonds. The van der Waals surface area contributed by atoms with E-state index in [0.29, 0.717) is 17.4 Å². The van der Waals surface area contributed by atoms with Gasteiger partial charge in [0.05, 0.1) is 24.8 Å². The number of ether oxygens (including phenoxy) is 2. The number of hydrogen-bond acceptors (Lipinski definition) is 5. The summed E-state index contributed by atoms with van der Waals surface area (Å²) in [5.74, 6) is -2.07. The Bertz CT molecular complexity index is 1240. The molecule has 3 aromatic rings. The monoisotopic (exact) mass is 476 g/mol. The fraction of sp³-hybridized carbons (Fsp3) is 0.174. The average molecular weight is 477 g/mol. The molecule has 0 fully saturated rings. The van der Waals surface area contributed by atoms with Crippen molar-refractivity contribution in [1.29, 1.82) is 0 Å². The molecule has 0 aliphatic heterocycles. The lowest BCUT2D eigenvalue weighted by Crippen LogP contribution is -2.45. The van der Waals surface area contributed by atoms with Crippen LogP contribution in [0, 0.1) is 11.6 Å². The van der Waals surface area contributed by atoms with Crippen LogP contribution in [0.25, 0.3) is 0 Å². The molecule has 0 spiro atoms. The summed E-state index contributed by atoms with van der Waals surface area (Å²) < 4.78 is 66.0. The smallest absolute Gasteiger partial charge is 0.242 e. The molecule has 1 atom stereocenters. The minimum atomic E-state index is -4.19. The Kier molecular flexibility index (Phi) is 7.62. The van der Waals surface area contributed by atoms with E-state index in [1.54, 1.807) is 30.3 Å². The van der Waals surface area contributed by atoms with E-state index in [0.717, 1.165) is 12.1 Å². The summed E-state index contributed by atoms with van der Waals surface area (Å²) in [6, 6.07) is 14.1. The number of sulfonamides is 1. The van der Waals surface area contributed by atoms with Gasteiger partial charge in [0.2, 0.25) is 15.9 Å². The molecule has 33 heavy (non-hydrogen) atoms. The van der Waals surface area contributed by atoms with Gasteiger partial charge in [0.1, 0.15) is 17.7 Å².